The predicted octanol–water partition coefficient (Wildman–Crippen LogP) is 2.86. The van der Waals surface area contributed by atoms with Gasteiger partial charge >= 0.3 is 0 Å². The van der Waals surface area contributed by atoms with Crippen LogP contribution in [-0.4, -0.2) is 28.1 Å². The average Bonchev–Trinajstić information content (AvgIpc) is 3.45. The molecule has 1 unspecified atom stereocenters. The lowest BCUT2D eigenvalue weighted by Crippen LogP contribution is -3.13. The molecule has 5 heterocycles. The molecule has 2 aliphatic rings. The van der Waals surface area contributed by atoms with Crippen LogP contribution in [0.3, 0.4) is 0 Å². The summed E-state index contributed by atoms with van der Waals surface area (Å²) in [6.07, 6.45) is 3.41. The minimum Gasteiger partial charge on any atom is -0.350 e. The van der Waals surface area contributed by atoms with Gasteiger partial charge < -0.3 is 19.4 Å². The van der Waals surface area contributed by atoms with Crippen LogP contribution in [0.2, 0.25) is 0 Å². The van der Waals surface area contributed by atoms with Gasteiger partial charge in [-0.25, -0.2) is 0 Å². The van der Waals surface area contributed by atoms with Gasteiger partial charge in [-0.2, -0.15) is 0 Å². The van der Waals surface area contributed by atoms with E-state index in [0.717, 1.165) is 38.3 Å². The Kier molecular flexibility index (Phi) is 4.96. The number of quaternary nitrogens is 1. The van der Waals surface area contributed by atoms with E-state index in [9.17, 15) is 9.59 Å². The predicted molar refractivity (Wildman–Crippen MR) is 131 cm³/mol. The van der Waals surface area contributed by atoms with E-state index < -0.39 is 0 Å². The number of piperidine rings is 1. The molecular weight excluding hydrogens is 432 g/mol. The lowest BCUT2D eigenvalue weighted by Gasteiger charge is -2.40. The number of hydrogen-bond donors (Lipinski definition) is 2. The van der Waals surface area contributed by atoms with Crippen LogP contribution >= 0.6 is 11.3 Å². The molecule has 1 fully saturated rings. The number of aryl methyl sites for hydroxylation is 1. The van der Waals surface area contributed by atoms with Crippen LogP contribution in [0.4, 0.5) is 5.69 Å². The van der Waals surface area contributed by atoms with Crippen molar-refractivity contribution in [1.82, 2.24) is 9.13 Å². The molecule has 2 N–H and O–H groups in total. The van der Waals surface area contributed by atoms with Gasteiger partial charge in [0.05, 0.1) is 18.0 Å². The van der Waals surface area contributed by atoms with Crippen molar-refractivity contribution in [3.05, 3.63) is 86.6 Å². The van der Waals surface area contributed by atoms with Gasteiger partial charge in [0.1, 0.15) is 12.2 Å². The summed E-state index contributed by atoms with van der Waals surface area (Å²) in [7, 11) is 2.11. The fraction of sp³-hybridized carbons (Fsp3) is 0.308. The number of carbonyl (C=O) groups excluding carboxylic acids is 1. The van der Waals surface area contributed by atoms with E-state index in [4.69, 9.17) is 0 Å². The molecule has 3 aromatic heterocycles. The van der Waals surface area contributed by atoms with E-state index in [1.165, 1.54) is 27.8 Å². The summed E-state index contributed by atoms with van der Waals surface area (Å²) >= 11 is 1.38. The number of benzene rings is 1. The molecule has 168 valence electrons. The van der Waals surface area contributed by atoms with E-state index in [2.05, 4.69) is 47.4 Å². The zero-order valence-corrected chi connectivity index (χ0v) is 19.4. The molecule has 6 nitrogen and oxygen atoms in total. The Morgan fingerprint density at radius 2 is 2.03 bits per heavy atom. The highest BCUT2D eigenvalue weighted by Crippen LogP contribution is 2.31. The van der Waals surface area contributed by atoms with Crippen LogP contribution in [0.25, 0.3) is 10.9 Å². The van der Waals surface area contributed by atoms with Crippen molar-refractivity contribution >= 4 is 33.8 Å². The maximum absolute atomic E-state index is 13.2. The molecule has 0 saturated carbocycles. The Balaban J connectivity index is 1.24. The molecule has 0 spiro atoms. The summed E-state index contributed by atoms with van der Waals surface area (Å²) in [6, 6.07) is 16.1. The second kappa shape index (κ2) is 8.01. The normalized spacial score (nSPS) is 21.7. The molecule has 0 aliphatic carbocycles. The Bertz CT molecular complexity index is 1400. The standard InChI is InChI=1S/C26H26N4O2S/c1-28-14-19(20-5-2-3-6-23(20)28)16-29-12-17-11-18(15-29)22-9-8-21(26(32)30(22)13-17)27-25(31)24-7-4-10-33-24/h2-10,14,17-18H,11-13,15-16H2,1H3,(H,27,31)/p+1/t17-,18+/m0/s1. The molecule has 4 aromatic rings. The molecule has 0 radical (unpaired) electrons. The van der Waals surface area contributed by atoms with E-state index in [-0.39, 0.29) is 11.5 Å². The van der Waals surface area contributed by atoms with Crippen LogP contribution < -0.4 is 15.8 Å². The number of nitrogens with one attached hydrogen (secondary N) is 2. The molecule has 7 heteroatoms. The van der Waals surface area contributed by atoms with Crippen molar-refractivity contribution in [2.45, 2.75) is 25.4 Å². The monoisotopic (exact) mass is 459 g/mol. The lowest BCUT2D eigenvalue weighted by atomic mass is 9.83. The van der Waals surface area contributed by atoms with Crippen molar-refractivity contribution in [3.8, 4) is 0 Å². The number of thiophene rings is 1. The molecule has 33 heavy (non-hydrogen) atoms. The van der Waals surface area contributed by atoms with E-state index in [0.29, 0.717) is 22.4 Å². The van der Waals surface area contributed by atoms with E-state index in [1.54, 1.807) is 17.0 Å². The fourth-order valence-corrected chi connectivity index (χ4v) is 6.45. The number of carbonyl (C=O) groups is 1. The first-order chi connectivity index (χ1) is 16.1. The average molecular weight is 460 g/mol. The van der Waals surface area contributed by atoms with Gasteiger partial charge in [0.15, 0.2) is 0 Å². The first-order valence-corrected chi connectivity index (χ1v) is 12.4. The summed E-state index contributed by atoms with van der Waals surface area (Å²) < 4.78 is 4.13. The maximum Gasteiger partial charge on any atom is 0.274 e. The van der Waals surface area contributed by atoms with Gasteiger partial charge in [0.25, 0.3) is 11.5 Å². The number of rotatable bonds is 4. The van der Waals surface area contributed by atoms with Crippen LogP contribution in [0.15, 0.2) is 64.9 Å². The molecular formula is C26H27N4O2S+. The largest absolute Gasteiger partial charge is 0.350 e. The Morgan fingerprint density at radius 1 is 1.15 bits per heavy atom. The van der Waals surface area contributed by atoms with Gasteiger partial charge in [-0.15, -0.1) is 11.3 Å². The van der Waals surface area contributed by atoms with Crippen LogP contribution in [0, 0.1) is 5.92 Å². The second-order valence-electron chi connectivity index (χ2n) is 9.44. The molecule has 1 amide bonds. The Morgan fingerprint density at radius 3 is 2.88 bits per heavy atom. The van der Waals surface area contributed by atoms with Crippen molar-refractivity contribution < 1.29 is 9.69 Å². The topological polar surface area (TPSA) is 60.5 Å². The van der Waals surface area contributed by atoms with E-state index in [1.807, 2.05) is 22.1 Å². The molecule has 3 atom stereocenters. The fourth-order valence-electron chi connectivity index (χ4n) is 5.84. The lowest BCUT2D eigenvalue weighted by molar-refractivity contribution is -0.924. The highest BCUT2D eigenvalue weighted by Gasteiger charge is 2.37. The first-order valence-electron chi connectivity index (χ1n) is 11.5. The van der Waals surface area contributed by atoms with Crippen molar-refractivity contribution in [2.24, 2.45) is 13.0 Å². The van der Waals surface area contributed by atoms with Gasteiger partial charge in [0.2, 0.25) is 0 Å². The van der Waals surface area contributed by atoms with Gasteiger partial charge in [-0.05, 0) is 36.1 Å². The third kappa shape index (κ3) is 3.61. The number of para-hydroxylation sites is 1. The zero-order chi connectivity index (χ0) is 22.5. The summed E-state index contributed by atoms with van der Waals surface area (Å²) in [6.45, 7) is 3.83. The second-order valence-corrected chi connectivity index (χ2v) is 10.4. The molecule has 2 aliphatic heterocycles. The first kappa shape index (κ1) is 20.4. The van der Waals surface area contributed by atoms with Gasteiger partial charge in [-0.3, -0.25) is 9.59 Å². The zero-order valence-electron chi connectivity index (χ0n) is 18.6. The summed E-state index contributed by atoms with van der Waals surface area (Å²) in [5.41, 5.74) is 4.08. The van der Waals surface area contributed by atoms with Crippen LogP contribution in [-0.2, 0) is 20.1 Å². The third-order valence-corrected chi connectivity index (χ3v) is 8.08. The van der Waals surface area contributed by atoms with Crippen molar-refractivity contribution in [1.29, 1.82) is 0 Å². The number of pyridine rings is 1. The van der Waals surface area contributed by atoms with Crippen LogP contribution in [0.1, 0.15) is 33.3 Å². The SMILES string of the molecule is Cn1cc(C[NH+]2C[C@@H]3C[C@H](C2)c2ccc(NC(=O)c4cccs4)c(=O)n2C3)c2ccccc21. The summed E-state index contributed by atoms with van der Waals surface area (Å²) in [5, 5.41) is 6.02. The van der Waals surface area contributed by atoms with Crippen molar-refractivity contribution in [2.75, 3.05) is 18.4 Å². The van der Waals surface area contributed by atoms with Crippen molar-refractivity contribution in [3.63, 3.8) is 0 Å². The Hall–Kier alpha value is -3.16. The smallest absolute Gasteiger partial charge is 0.274 e. The number of anilines is 1. The number of likely N-dealkylation sites (tertiary alicyclic amines) is 1. The van der Waals surface area contributed by atoms with Gasteiger partial charge in [-0.1, -0.05) is 24.3 Å². The molecule has 2 bridgehead atoms. The number of amides is 1. The number of hydrogen-bond acceptors (Lipinski definition) is 3. The maximum atomic E-state index is 13.2. The number of nitrogens with zero attached hydrogens (tertiary/aromatic N) is 2. The minimum atomic E-state index is -0.218. The number of aromatic nitrogens is 2. The highest BCUT2D eigenvalue weighted by molar-refractivity contribution is 7.12. The molecule has 6 rings (SSSR count). The van der Waals surface area contributed by atoms with Crippen LogP contribution in [0.5, 0.6) is 0 Å². The Labute approximate surface area is 196 Å². The summed E-state index contributed by atoms with van der Waals surface area (Å²) in [4.78, 5) is 27.9. The van der Waals surface area contributed by atoms with E-state index >= 15 is 0 Å². The highest BCUT2D eigenvalue weighted by atomic mass is 32.1. The third-order valence-electron chi connectivity index (χ3n) is 7.21. The summed E-state index contributed by atoms with van der Waals surface area (Å²) in [5.74, 6) is 0.628. The molecule has 1 saturated heterocycles. The minimum absolute atomic E-state index is 0.0791. The van der Waals surface area contributed by atoms with Gasteiger partial charge in [0, 0.05) is 53.8 Å². The molecule has 1 aromatic carbocycles. The number of fused-ring (bicyclic) bond motifs is 5. The quantitative estimate of drug-likeness (QED) is 0.493.